The molecular formula is C28H26FN3O4S. The van der Waals surface area contributed by atoms with Crippen molar-refractivity contribution in [1.82, 2.24) is 5.32 Å². The summed E-state index contributed by atoms with van der Waals surface area (Å²) in [5.41, 5.74) is 2.56. The van der Waals surface area contributed by atoms with Crippen molar-refractivity contribution in [2.45, 2.75) is 4.90 Å². The Bertz CT molecular complexity index is 1390. The molecule has 9 heteroatoms. The summed E-state index contributed by atoms with van der Waals surface area (Å²) in [6.07, 6.45) is 0. The van der Waals surface area contributed by atoms with Crippen molar-refractivity contribution in [3.8, 4) is 22.6 Å². The number of aromatic hydroxyl groups is 1. The molecule has 4 aromatic rings. The number of anilines is 2. The number of ether oxygens (including phenoxy) is 1. The number of amides is 1. The molecule has 0 spiro atoms. The van der Waals surface area contributed by atoms with Crippen LogP contribution in [-0.4, -0.2) is 35.8 Å². The summed E-state index contributed by atoms with van der Waals surface area (Å²) in [5.74, 6) is -0.388. The van der Waals surface area contributed by atoms with E-state index in [1.165, 1.54) is 19.2 Å². The monoisotopic (exact) mass is 519 g/mol. The van der Waals surface area contributed by atoms with Crippen LogP contribution in [0, 0.1) is 5.82 Å². The van der Waals surface area contributed by atoms with E-state index in [9.17, 15) is 18.8 Å². The van der Waals surface area contributed by atoms with Crippen molar-refractivity contribution >= 4 is 28.6 Å². The smallest absolute Gasteiger partial charge is 0.255 e. The Balaban J connectivity index is 1.39. The Morgan fingerprint density at radius 1 is 0.946 bits per heavy atom. The molecule has 4 aromatic carbocycles. The number of hydrogen-bond acceptors (Lipinski definition) is 6. The largest absolute Gasteiger partial charge is 0.588 e. The average molecular weight is 520 g/mol. The van der Waals surface area contributed by atoms with Crippen LogP contribution in [0.1, 0.15) is 10.4 Å². The van der Waals surface area contributed by atoms with Crippen LogP contribution >= 0.6 is 0 Å². The van der Waals surface area contributed by atoms with Crippen molar-refractivity contribution in [1.29, 1.82) is 0 Å². The lowest BCUT2D eigenvalue weighted by molar-refractivity contribution is 0.0952. The fourth-order valence-corrected chi connectivity index (χ4v) is 4.70. The molecule has 0 aliphatic heterocycles. The summed E-state index contributed by atoms with van der Waals surface area (Å²) in [6, 6.07) is 25.0. The number of halogens is 1. The number of benzene rings is 4. The van der Waals surface area contributed by atoms with Gasteiger partial charge in [0, 0.05) is 30.4 Å². The highest BCUT2D eigenvalue weighted by Crippen LogP contribution is 2.32. The van der Waals surface area contributed by atoms with Crippen LogP contribution in [0.25, 0.3) is 11.1 Å². The highest BCUT2D eigenvalue weighted by molar-refractivity contribution is 7.92. The molecule has 0 saturated carbocycles. The summed E-state index contributed by atoms with van der Waals surface area (Å²) in [7, 11) is 1.49. The molecule has 0 heterocycles. The molecule has 0 aliphatic carbocycles. The van der Waals surface area contributed by atoms with E-state index in [2.05, 4.69) is 15.4 Å². The van der Waals surface area contributed by atoms with Gasteiger partial charge >= 0.3 is 0 Å². The minimum absolute atomic E-state index is 0.0733. The first-order chi connectivity index (χ1) is 18.0. The van der Waals surface area contributed by atoms with Crippen LogP contribution in [0.3, 0.4) is 0 Å². The highest BCUT2D eigenvalue weighted by Gasteiger charge is 2.20. The lowest BCUT2D eigenvalue weighted by Gasteiger charge is -2.16. The van der Waals surface area contributed by atoms with E-state index in [-0.39, 0.29) is 23.0 Å². The topological polar surface area (TPSA) is 106 Å². The van der Waals surface area contributed by atoms with Gasteiger partial charge in [-0.25, -0.2) is 9.11 Å². The van der Waals surface area contributed by atoms with Gasteiger partial charge in [0.15, 0.2) is 5.75 Å². The zero-order valence-electron chi connectivity index (χ0n) is 20.0. The molecule has 0 bridgehead atoms. The van der Waals surface area contributed by atoms with Gasteiger partial charge in [0.2, 0.25) is 4.90 Å². The molecule has 1 amide bonds. The van der Waals surface area contributed by atoms with Gasteiger partial charge in [0.25, 0.3) is 5.91 Å². The number of para-hydroxylation sites is 1. The maximum Gasteiger partial charge on any atom is 0.255 e. The normalized spacial score (nSPS) is 11.4. The highest BCUT2D eigenvalue weighted by atomic mass is 32.2. The second kappa shape index (κ2) is 12.2. The number of phenolic OH excluding ortho intramolecular Hbond substituents is 1. The van der Waals surface area contributed by atoms with E-state index in [1.54, 1.807) is 72.8 Å². The number of methoxy groups -OCH3 is 1. The van der Waals surface area contributed by atoms with E-state index >= 15 is 0 Å². The third-order valence-corrected chi connectivity index (χ3v) is 6.65. The predicted octanol–water partition coefficient (Wildman–Crippen LogP) is 5.18. The number of phenols is 1. The third kappa shape index (κ3) is 6.52. The lowest BCUT2D eigenvalue weighted by Crippen LogP contribution is -2.28. The van der Waals surface area contributed by atoms with Crippen LogP contribution in [0.5, 0.6) is 11.5 Å². The number of hydrogen-bond donors (Lipinski definition) is 4. The first-order valence-corrected chi connectivity index (χ1v) is 12.6. The van der Waals surface area contributed by atoms with Crippen molar-refractivity contribution < 1.29 is 23.6 Å². The van der Waals surface area contributed by atoms with Gasteiger partial charge in [0.05, 0.1) is 18.4 Å². The van der Waals surface area contributed by atoms with Crippen molar-refractivity contribution in [2.75, 3.05) is 30.2 Å². The Morgan fingerprint density at radius 2 is 1.70 bits per heavy atom. The first kappa shape index (κ1) is 25.9. The minimum atomic E-state index is -1.69. The Kier molecular flexibility index (Phi) is 8.50. The maximum absolute atomic E-state index is 14.3. The molecule has 1 atom stereocenters. The molecule has 190 valence electrons. The van der Waals surface area contributed by atoms with Gasteiger partial charge in [-0.1, -0.05) is 42.5 Å². The summed E-state index contributed by atoms with van der Waals surface area (Å²) < 4.78 is 35.9. The summed E-state index contributed by atoms with van der Waals surface area (Å²) in [5, 5.41) is 15.7. The van der Waals surface area contributed by atoms with Gasteiger partial charge in [0.1, 0.15) is 22.9 Å². The third-order valence-electron chi connectivity index (χ3n) is 5.51. The molecular weight excluding hydrogens is 493 g/mol. The quantitative estimate of drug-likeness (QED) is 0.170. The van der Waals surface area contributed by atoms with Crippen molar-refractivity contribution in [3.63, 3.8) is 0 Å². The molecule has 0 aliphatic rings. The zero-order chi connectivity index (χ0) is 26.2. The van der Waals surface area contributed by atoms with Crippen molar-refractivity contribution in [2.24, 2.45) is 0 Å². The number of carbonyl (C=O) groups is 1. The van der Waals surface area contributed by atoms with E-state index in [0.29, 0.717) is 40.5 Å². The predicted molar refractivity (Wildman–Crippen MR) is 144 cm³/mol. The number of nitrogens with one attached hydrogen (secondary N) is 3. The zero-order valence-corrected chi connectivity index (χ0v) is 20.8. The molecule has 0 aromatic heterocycles. The van der Waals surface area contributed by atoms with Crippen LogP contribution in [0.4, 0.5) is 15.8 Å². The fraction of sp³-hybridized carbons (Fsp3) is 0.107. The SMILES string of the molecule is COc1ccc(-c2ccccc2F)cc1[S+]([O-])Nc1cccc(NCCNC(=O)c2ccccc2O)c1. The minimum Gasteiger partial charge on any atom is -0.588 e. The molecule has 37 heavy (non-hydrogen) atoms. The van der Waals surface area contributed by atoms with Gasteiger partial charge in [-0.2, -0.15) is 0 Å². The Morgan fingerprint density at radius 3 is 2.49 bits per heavy atom. The van der Waals surface area contributed by atoms with Gasteiger partial charge in [-0.05, 0) is 48.0 Å². The van der Waals surface area contributed by atoms with Crippen LogP contribution in [-0.2, 0) is 11.4 Å². The standard InChI is InChI=1S/C28H26FN3O4S/c1-36-26-14-13-19(22-9-2-4-11-24(22)29)17-27(26)37(35)32-21-8-6-7-20(18-21)30-15-16-31-28(34)23-10-3-5-12-25(23)33/h2-14,17-18,30,32-33H,15-16H2,1H3,(H,31,34). The van der Waals surface area contributed by atoms with E-state index in [0.717, 1.165) is 5.69 Å². The van der Waals surface area contributed by atoms with Gasteiger partial charge in [-0.15, -0.1) is 0 Å². The first-order valence-electron chi connectivity index (χ1n) is 11.5. The van der Waals surface area contributed by atoms with Crippen LogP contribution in [0.15, 0.2) is 95.9 Å². The van der Waals surface area contributed by atoms with Gasteiger partial charge in [-0.3, -0.25) is 4.79 Å². The average Bonchev–Trinajstić information content (AvgIpc) is 2.91. The molecule has 4 rings (SSSR count). The van der Waals surface area contributed by atoms with Crippen molar-refractivity contribution in [3.05, 3.63) is 102 Å². The second-order valence-electron chi connectivity index (χ2n) is 8.00. The number of rotatable bonds is 10. The Hall–Kier alpha value is -4.21. The van der Waals surface area contributed by atoms with Gasteiger partial charge < -0.3 is 25.0 Å². The molecule has 0 radical (unpaired) electrons. The van der Waals surface area contributed by atoms with E-state index in [4.69, 9.17) is 4.74 Å². The van der Waals surface area contributed by atoms with Crippen LogP contribution in [0.2, 0.25) is 0 Å². The molecule has 0 saturated heterocycles. The summed E-state index contributed by atoms with van der Waals surface area (Å²) in [6.45, 7) is 0.765. The molecule has 0 fully saturated rings. The van der Waals surface area contributed by atoms with E-state index in [1.807, 2.05) is 6.07 Å². The molecule has 7 nitrogen and oxygen atoms in total. The molecule has 1 unspecified atom stereocenters. The maximum atomic E-state index is 14.3. The summed E-state index contributed by atoms with van der Waals surface area (Å²) >= 11 is -1.69. The fourth-order valence-electron chi connectivity index (χ4n) is 3.68. The second-order valence-corrected chi connectivity index (χ2v) is 9.18. The number of carbonyl (C=O) groups excluding carboxylic acids is 1. The lowest BCUT2D eigenvalue weighted by atomic mass is 10.1. The van der Waals surface area contributed by atoms with Crippen LogP contribution < -0.4 is 20.1 Å². The van der Waals surface area contributed by atoms with E-state index < -0.39 is 11.4 Å². The Labute approximate surface area is 217 Å². The summed E-state index contributed by atoms with van der Waals surface area (Å²) in [4.78, 5) is 12.6. The molecule has 4 N–H and O–H groups in total.